The van der Waals surface area contributed by atoms with Crippen LogP contribution in [0.3, 0.4) is 0 Å². The van der Waals surface area contributed by atoms with E-state index in [1.807, 2.05) is 31.2 Å². The van der Waals surface area contributed by atoms with Crippen LogP contribution in [0.1, 0.15) is 63.5 Å². The summed E-state index contributed by atoms with van der Waals surface area (Å²) in [7, 11) is 0. The molecule has 25 heavy (non-hydrogen) atoms. The first-order chi connectivity index (χ1) is 12.1. The summed E-state index contributed by atoms with van der Waals surface area (Å²) < 4.78 is 1.02. The van der Waals surface area contributed by atoms with E-state index >= 15 is 0 Å². The van der Waals surface area contributed by atoms with Crippen molar-refractivity contribution >= 4 is 27.9 Å². The van der Waals surface area contributed by atoms with E-state index in [9.17, 15) is 9.59 Å². The van der Waals surface area contributed by atoms with Crippen molar-refractivity contribution in [2.75, 3.05) is 6.54 Å². The molecule has 1 fully saturated rings. The van der Waals surface area contributed by atoms with Crippen LogP contribution in [-0.2, 0) is 4.79 Å². The number of carbonyl (C=O) groups is 2. The summed E-state index contributed by atoms with van der Waals surface area (Å²) in [6.07, 6.45) is 6.84. The smallest absolute Gasteiger partial charge is 0.315 e. The molecule has 2 rings (SSSR count). The van der Waals surface area contributed by atoms with Crippen molar-refractivity contribution in [1.29, 1.82) is 0 Å². The standard InChI is InChI=1S/C19H28BrN3O2/c1-2-17(14-8-10-15(20)11-9-14)23-18(24)12-13-21-19(25)22-16-6-4-3-5-7-16/h8-11,16-17H,2-7,12-13H2,1H3,(H,23,24)(H2,21,22,25). The third-order valence-electron chi connectivity index (χ3n) is 4.59. The van der Waals surface area contributed by atoms with E-state index in [4.69, 9.17) is 0 Å². The Balaban J connectivity index is 1.68. The first-order valence-corrected chi connectivity index (χ1v) is 9.97. The number of hydrogen-bond donors (Lipinski definition) is 3. The molecule has 1 aliphatic rings. The highest BCUT2D eigenvalue weighted by Gasteiger charge is 2.16. The van der Waals surface area contributed by atoms with Gasteiger partial charge in [0.25, 0.3) is 0 Å². The summed E-state index contributed by atoms with van der Waals surface area (Å²) in [6, 6.07) is 8.08. The summed E-state index contributed by atoms with van der Waals surface area (Å²) >= 11 is 3.42. The van der Waals surface area contributed by atoms with E-state index in [0.717, 1.165) is 29.3 Å². The first kappa shape index (κ1) is 19.8. The molecule has 1 saturated carbocycles. The van der Waals surface area contributed by atoms with Crippen molar-refractivity contribution in [2.24, 2.45) is 0 Å². The molecule has 0 aliphatic heterocycles. The molecule has 3 amide bonds. The van der Waals surface area contributed by atoms with Gasteiger partial charge in [0.05, 0.1) is 6.04 Å². The molecule has 1 aliphatic carbocycles. The number of hydrogen-bond acceptors (Lipinski definition) is 2. The molecule has 1 unspecified atom stereocenters. The van der Waals surface area contributed by atoms with Gasteiger partial charge in [-0.15, -0.1) is 0 Å². The quantitative estimate of drug-likeness (QED) is 0.635. The van der Waals surface area contributed by atoms with Gasteiger partial charge in [-0.25, -0.2) is 4.79 Å². The van der Waals surface area contributed by atoms with Crippen molar-refractivity contribution in [1.82, 2.24) is 16.0 Å². The van der Waals surface area contributed by atoms with Crippen molar-refractivity contribution in [2.45, 2.75) is 64.0 Å². The Morgan fingerprint density at radius 2 is 1.84 bits per heavy atom. The summed E-state index contributed by atoms with van der Waals surface area (Å²) in [5.41, 5.74) is 1.09. The Kier molecular flexibility index (Phi) is 8.25. The lowest BCUT2D eigenvalue weighted by Crippen LogP contribution is -2.44. The Hall–Kier alpha value is -1.56. The topological polar surface area (TPSA) is 70.2 Å². The van der Waals surface area contributed by atoms with E-state index < -0.39 is 0 Å². The van der Waals surface area contributed by atoms with Crippen molar-refractivity contribution in [3.63, 3.8) is 0 Å². The van der Waals surface area contributed by atoms with Gasteiger partial charge in [-0.2, -0.15) is 0 Å². The maximum atomic E-state index is 12.1. The molecule has 0 spiro atoms. The van der Waals surface area contributed by atoms with Gasteiger partial charge < -0.3 is 16.0 Å². The number of amides is 3. The number of rotatable bonds is 7. The molecule has 138 valence electrons. The van der Waals surface area contributed by atoms with E-state index in [-0.39, 0.29) is 30.4 Å². The molecule has 1 aromatic carbocycles. The molecule has 5 nitrogen and oxygen atoms in total. The molecule has 1 aromatic rings. The number of nitrogens with one attached hydrogen (secondary N) is 3. The molecular formula is C19H28BrN3O2. The zero-order valence-corrected chi connectivity index (χ0v) is 16.4. The van der Waals surface area contributed by atoms with Gasteiger partial charge in [-0.1, -0.05) is 54.2 Å². The first-order valence-electron chi connectivity index (χ1n) is 9.17. The molecule has 1 atom stereocenters. The van der Waals surface area contributed by atoms with Gasteiger partial charge in [0, 0.05) is 23.5 Å². The summed E-state index contributed by atoms with van der Waals surface area (Å²) in [5.74, 6) is -0.0484. The van der Waals surface area contributed by atoms with Gasteiger partial charge in [0.15, 0.2) is 0 Å². The van der Waals surface area contributed by atoms with Crippen LogP contribution in [0.2, 0.25) is 0 Å². The molecule has 3 N–H and O–H groups in total. The predicted molar refractivity (Wildman–Crippen MR) is 103 cm³/mol. The van der Waals surface area contributed by atoms with Crippen molar-refractivity contribution in [3.8, 4) is 0 Å². The van der Waals surface area contributed by atoms with Crippen LogP contribution in [0.5, 0.6) is 0 Å². The SMILES string of the molecule is CCC(NC(=O)CCNC(=O)NC1CCCCC1)c1ccc(Br)cc1. The summed E-state index contributed by atoms with van der Waals surface area (Å²) in [4.78, 5) is 24.0. The monoisotopic (exact) mass is 409 g/mol. The van der Waals surface area contributed by atoms with E-state index in [2.05, 4.69) is 31.9 Å². The van der Waals surface area contributed by atoms with E-state index in [1.165, 1.54) is 19.3 Å². The van der Waals surface area contributed by atoms with Crippen molar-refractivity contribution < 1.29 is 9.59 Å². The van der Waals surface area contributed by atoms with Crippen molar-refractivity contribution in [3.05, 3.63) is 34.3 Å². The van der Waals surface area contributed by atoms with Crippen LogP contribution in [0.15, 0.2) is 28.7 Å². The second-order valence-corrected chi connectivity index (χ2v) is 7.48. The van der Waals surface area contributed by atoms with Crippen LogP contribution < -0.4 is 16.0 Å². The lowest BCUT2D eigenvalue weighted by Gasteiger charge is -2.23. The molecule has 0 aromatic heterocycles. The number of urea groups is 1. The van der Waals surface area contributed by atoms with Gasteiger partial charge in [-0.3, -0.25) is 4.79 Å². The Morgan fingerprint density at radius 3 is 2.48 bits per heavy atom. The average Bonchev–Trinajstić information content (AvgIpc) is 2.61. The molecule has 6 heteroatoms. The highest BCUT2D eigenvalue weighted by atomic mass is 79.9. The minimum atomic E-state index is -0.167. The summed E-state index contributed by atoms with van der Waals surface area (Å²) in [5, 5.41) is 8.80. The maximum absolute atomic E-state index is 12.1. The lowest BCUT2D eigenvalue weighted by atomic mass is 9.96. The maximum Gasteiger partial charge on any atom is 0.315 e. The predicted octanol–water partition coefficient (Wildman–Crippen LogP) is 4.04. The fraction of sp³-hybridized carbons (Fsp3) is 0.579. The average molecular weight is 410 g/mol. The minimum Gasteiger partial charge on any atom is -0.349 e. The van der Waals surface area contributed by atoms with E-state index in [1.54, 1.807) is 0 Å². The second kappa shape index (κ2) is 10.4. The summed E-state index contributed by atoms with van der Waals surface area (Å²) in [6.45, 7) is 2.39. The molecule has 0 heterocycles. The third-order valence-corrected chi connectivity index (χ3v) is 5.12. The highest BCUT2D eigenvalue weighted by molar-refractivity contribution is 9.10. The number of carbonyl (C=O) groups excluding carboxylic acids is 2. The number of halogens is 1. The molecule has 0 bridgehead atoms. The molecular weight excluding hydrogens is 382 g/mol. The van der Waals surface area contributed by atoms with Gasteiger partial charge in [0.1, 0.15) is 0 Å². The van der Waals surface area contributed by atoms with Crippen LogP contribution in [-0.4, -0.2) is 24.5 Å². The van der Waals surface area contributed by atoms with Gasteiger partial charge >= 0.3 is 6.03 Å². The highest BCUT2D eigenvalue weighted by Crippen LogP contribution is 2.19. The van der Waals surface area contributed by atoms with Crippen LogP contribution in [0.4, 0.5) is 4.79 Å². The van der Waals surface area contributed by atoms with Crippen LogP contribution >= 0.6 is 15.9 Å². The van der Waals surface area contributed by atoms with E-state index in [0.29, 0.717) is 6.54 Å². The fourth-order valence-corrected chi connectivity index (χ4v) is 3.42. The van der Waals surface area contributed by atoms with Gasteiger partial charge in [0.2, 0.25) is 5.91 Å². The zero-order chi connectivity index (χ0) is 18.1. The Labute approximate surface area is 158 Å². The fourth-order valence-electron chi connectivity index (χ4n) is 3.16. The second-order valence-electron chi connectivity index (χ2n) is 6.57. The zero-order valence-electron chi connectivity index (χ0n) is 14.8. The Bertz CT molecular complexity index is 556. The lowest BCUT2D eigenvalue weighted by molar-refractivity contribution is -0.121. The number of benzene rings is 1. The molecule has 0 saturated heterocycles. The van der Waals surface area contributed by atoms with Gasteiger partial charge in [-0.05, 0) is 37.0 Å². The minimum absolute atomic E-state index is 0.00309. The normalized spacial score (nSPS) is 16.1. The van der Waals surface area contributed by atoms with Crippen LogP contribution in [0, 0.1) is 0 Å². The largest absolute Gasteiger partial charge is 0.349 e. The molecule has 0 radical (unpaired) electrons. The third kappa shape index (κ3) is 7.06. The van der Waals surface area contributed by atoms with Crippen LogP contribution in [0.25, 0.3) is 0 Å². The Morgan fingerprint density at radius 1 is 1.16 bits per heavy atom.